The Hall–Kier alpha value is -1.67. The summed E-state index contributed by atoms with van der Waals surface area (Å²) in [5.74, 6) is 0. The highest BCUT2D eigenvalue weighted by Crippen LogP contribution is 2.34. The number of benzene rings is 1. The molecule has 1 heterocycles. The van der Waals surface area contributed by atoms with Crippen molar-refractivity contribution in [3.05, 3.63) is 28.3 Å². The van der Waals surface area contributed by atoms with Gasteiger partial charge in [0.2, 0.25) is 0 Å². The van der Waals surface area contributed by atoms with E-state index in [0.717, 1.165) is 31.6 Å². The molecule has 1 aliphatic rings. The van der Waals surface area contributed by atoms with Gasteiger partial charge < -0.3 is 10.0 Å². The molecule has 0 saturated carbocycles. The van der Waals surface area contributed by atoms with Crippen LogP contribution >= 0.6 is 0 Å². The second-order valence-electron chi connectivity index (χ2n) is 5.21. The third-order valence-corrected chi connectivity index (χ3v) is 4.83. The molecule has 8 heteroatoms. The number of nitro benzene ring substituents is 1. The van der Waals surface area contributed by atoms with Gasteiger partial charge in [0.15, 0.2) is 9.84 Å². The van der Waals surface area contributed by atoms with Gasteiger partial charge in [0.05, 0.1) is 22.5 Å². The highest BCUT2D eigenvalue weighted by Gasteiger charge is 2.28. The Morgan fingerprint density at radius 1 is 1.43 bits per heavy atom. The van der Waals surface area contributed by atoms with Crippen LogP contribution in [0.1, 0.15) is 19.3 Å². The Kier molecular flexibility index (Phi) is 4.48. The monoisotopic (exact) mass is 314 g/mol. The molecule has 0 amide bonds. The zero-order valence-corrected chi connectivity index (χ0v) is 12.5. The fraction of sp³-hybridized carbons (Fsp3) is 0.538. The Labute approximate surface area is 123 Å². The van der Waals surface area contributed by atoms with Crippen LogP contribution in [0.3, 0.4) is 0 Å². The lowest BCUT2D eigenvalue weighted by Crippen LogP contribution is -2.42. The van der Waals surface area contributed by atoms with Gasteiger partial charge in [-0.3, -0.25) is 10.1 Å². The van der Waals surface area contributed by atoms with Crippen LogP contribution in [-0.2, 0) is 9.84 Å². The molecule has 0 radical (unpaired) electrons. The molecule has 1 aliphatic heterocycles. The summed E-state index contributed by atoms with van der Waals surface area (Å²) in [7, 11) is -3.50. The third-order valence-electron chi connectivity index (χ3n) is 3.72. The molecule has 1 saturated heterocycles. The number of piperidine rings is 1. The number of hydrogen-bond donors (Lipinski definition) is 1. The van der Waals surface area contributed by atoms with Gasteiger partial charge in [0.1, 0.15) is 5.69 Å². The number of hydrogen-bond acceptors (Lipinski definition) is 6. The van der Waals surface area contributed by atoms with Crippen molar-refractivity contribution in [3.63, 3.8) is 0 Å². The molecule has 7 nitrogen and oxygen atoms in total. The first-order chi connectivity index (χ1) is 9.84. The molecule has 1 aromatic rings. The van der Waals surface area contributed by atoms with E-state index in [1.165, 1.54) is 12.1 Å². The zero-order chi connectivity index (χ0) is 15.6. The number of sulfone groups is 1. The lowest BCUT2D eigenvalue weighted by Gasteiger charge is -2.36. The lowest BCUT2D eigenvalue weighted by atomic mass is 10.0. The maximum Gasteiger partial charge on any atom is 0.293 e. The van der Waals surface area contributed by atoms with E-state index >= 15 is 0 Å². The average Bonchev–Trinajstić information content (AvgIpc) is 2.45. The van der Waals surface area contributed by atoms with Crippen LogP contribution in [0.2, 0.25) is 0 Å². The van der Waals surface area contributed by atoms with E-state index in [-0.39, 0.29) is 23.2 Å². The molecular formula is C13H18N2O5S. The van der Waals surface area contributed by atoms with Gasteiger partial charge in [-0.1, -0.05) is 0 Å². The maximum absolute atomic E-state index is 11.5. The van der Waals surface area contributed by atoms with Crippen LogP contribution in [0.25, 0.3) is 0 Å². The van der Waals surface area contributed by atoms with E-state index in [1.807, 2.05) is 0 Å². The van der Waals surface area contributed by atoms with Gasteiger partial charge in [0.25, 0.3) is 5.69 Å². The van der Waals surface area contributed by atoms with Gasteiger partial charge in [-0.25, -0.2) is 8.42 Å². The average molecular weight is 314 g/mol. The van der Waals surface area contributed by atoms with E-state index in [4.69, 9.17) is 0 Å². The molecular weight excluding hydrogens is 296 g/mol. The van der Waals surface area contributed by atoms with Crippen molar-refractivity contribution >= 4 is 21.2 Å². The summed E-state index contributed by atoms with van der Waals surface area (Å²) in [6.07, 6.45) is 3.64. The van der Waals surface area contributed by atoms with E-state index in [2.05, 4.69) is 0 Å². The Morgan fingerprint density at radius 3 is 2.71 bits per heavy atom. The zero-order valence-electron chi connectivity index (χ0n) is 11.7. The lowest BCUT2D eigenvalue weighted by molar-refractivity contribution is -0.384. The van der Waals surface area contributed by atoms with Crippen molar-refractivity contribution in [2.24, 2.45) is 0 Å². The Morgan fingerprint density at radius 2 is 2.14 bits per heavy atom. The largest absolute Gasteiger partial charge is 0.394 e. The first kappa shape index (κ1) is 15.7. The Bertz CT molecular complexity index is 644. The molecule has 1 fully saturated rings. The van der Waals surface area contributed by atoms with Gasteiger partial charge in [0, 0.05) is 18.9 Å². The summed E-state index contributed by atoms with van der Waals surface area (Å²) in [4.78, 5) is 12.4. The second-order valence-corrected chi connectivity index (χ2v) is 7.22. The summed E-state index contributed by atoms with van der Waals surface area (Å²) in [5.41, 5.74) is 0.129. The fourth-order valence-corrected chi connectivity index (χ4v) is 3.27. The molecule has 0 bridgehead atoms. The number of anilines is 1. The molecule has 0 spiro atoms. The summed E-state index contributed by atoms with van der Waals surface area (Å²) < 4.78 is 23.1. The molecule has 1 aromatic carbocycles. The number of aliphatic hydroxyl groups excluding tert-OH is 1. The minimum atomic E-state index is -3.50. The van der Waals surface area contributed by atoms with Crippen molar-refractivity contribution in [1.29, 1.82) is 0 Å². The number of aliphatic hydroxyl groups is 1. The van der Waals surface area contributed by atoms with Gasteiger partial charge in [-0.15, -0.1) is 0 Å². The quantitative estimate of drug-likeness (QED) is 0.665. The molecule has 1 N–H and O–H groups in total. The smallest absolute Gasteiger partial charge is 0.293 e. The second kappa shape index (κ2) is 5.98. The minimum absolute atomic E-state index is 0.0736. The Balaban J connectivity index is 2.50. The van der Waals surface area contributed by atoms with Crippen molar-refractivity contribution in [1.82, 2.24) is 0 Å². The van der Waals surface area contributed by atoms with E-state index in [0.29, 0.717) is 12.2 Å². The standard InChI is InChI=1S/C13H18N2O5S/c1-21(19,20)11-5-6-12(13(8-11)15(17)18)14-7-3-2-4-10(14)9-16/h5-6,8,10,16H,2-4,7,9H2,1H3. The van der Waals surface area contributed by atoms with Gasteiger partial charge in [-0.2, -0.15) is 0 Å². The van der Waals surface area contributed by atoms with Crippen molar-refractivity contribution in [2.75, 3.05) is 24.3 Å². The van der Waals surface area contributed by atoms with Crippen LogP contribution in [0, 0.1) is 10.1 Å². The first-order valence-corrected chi connectivity index (χ1v) is 8.59. The van der Waals surface area contributed by atoms with Crippen LogP contribution in [0.4, 0.5) is 11.4 Å². The van der Waals surface area contributed by atoms with Crippen LogP contribution in [-0.4, -0.2) is 43.9 Å². The molecule has 21 heavy (non-hydrogen) atoms. The van der Waals surface area contributed by atoms with Crippen LogP contribution < -0.4 is 4.90 Å². The summed E-state index contributed by atoms with van der Waals surface area (Å²) in [6, 6.07) is 3.76. The van der Waals surface area contributed by atoms with Gasteiger partial charge in [-0.05, 0) is 31.4 Å². The summed E-state index contributed by atoms with van der Waals surface area (Å²) >= 11 is 0. The van der Waals surface area contributed by atoms with E-state index < -0.39 is 14.8 Å². The fourth-order valence-electron chi connectivity index (χ4n) is 2.63. The molecule has 0 aromatic heterocycles. The predicted molar refractivity (Wildman–Crippen MR) is 78.3 cm³/mol. The number of nitrogens with zero attached hydrogens (tertiary/aromatic N) is 2. The first-order valence-electron chi connectivity index (χ1n) is 6.70. The number of rotatable bonds is 4. The van der Waals surface area contributed by atoms with Gasteiger partial charge >= 0.3 is 0 Å². The molecule has 1 unspecified atom stereocenters. The van der Waals surface area contributed by atoms with Crippen molar-refractivity contribution in [3.8, 4) is 0 Å². The van der Waals surface area contributed by atoms with Crippen LogP contribution in [0.5, 0.6) is 0 Å². The SMILES string of the molecule is CS(=O)(=O)c1ccc(N2CCCCC2CO)c([N+](=O)[O-])c1. The van der Waals surface area contributed by atoms with Crippen LogP contribution in [0.15, 0.2) is 23.1 Å². The normalized spacial score (nSPS) is 19.5. The molecule has 1 atom stereocenters. The van der Waals surface area contributed by atoms with E-state index in [1.54, 1.807) is 4.90 Å². The van der Waals surface area contributed by atoms with Crippen molar-refractivity contribution in [2.45, 2.75) is 30.2 Å². The molecule has 2 rings (SSSR count). The third kappa shape index (κ3) is 3.33. The highest BCUT2D eigenvalue weighted by atomic mass is 32.2. The molecule has 0 aliphatic carbocycles. The molecule has 116 valence electrons. The maximum atomic E-state index is 11.5. The predicted octanol–water partition coefficient (Wildman–Crippen LogP) is 1.35. The topological polar surface area (TPSA) is 101 Å². The van der Waals surface area contributed by atoms with E-state index in [9.17, 15) is 23.6 Å². The number of nitro groups is 1. The van der Waals surface area contributed by atoms with Crippen molar-refractivity contribution < 1.29 is 18.4 Å². The minimum Gasteiger partial charge on any atom is -0.394 e. The summed E-state index contributed by atoms with van der Waals surface area (Å²) in [5, 5.41) is 20.7. The highest BCUT2D eigenvalue weighted by molar-refractivity contribution is 7.90. The summed E-state index contributed by atoms with van der Waals surface area (Å²) in [6.45, 7) is 0.537.